The molecule has 1 unspecified atom stereocenters. The number of aromatic nitrogens is 4. The molecule has 2 aromatic carbocycles. The zero-order valence-corrected chi connectivity index (χ0v) is 19.9. The van der Waals surface area contributed by atoms with E-state index in [-0.39, 0.29) is 18.0 Å². The first-order valence-corrected chi connectivity index (χ1v) is 11.7. The quantitative estimate of drug-likeness (QED) is 0.331. The number of benzene rings is 2. The molecule has 10 heteroatoms. The highest BCUT2D eigenvalue weighted by Gasteiger charge is 2.27. The van der Waals surface area contributed by atoms with E-state index in [2.05, 4.69) is 43.4 Å². The Balaban J connectivity index is 1.65. The summed E-state index contributed by atoms with van der Waals surface area (Å²) >= 11 is 0. The Morgan fingerprint density at radius 1 is 1.14 bits per heavy atom. The molecule has 1 heterocycles. The molecule has 1 saturated carbocycles. The Kier molecular flexibility index (Phi) is 7.39. The molecule has 1 aliphatic carbocycles. The lowest BCUT2D eigenvalue weighted by Gasteiger charge is -2.22. The molecule has 3 amide bonds. The van der Waals surface area contributed by atoms with Gasteiger partial charge in [0.25, 0.3) is 0 Å². The topological polar surface area (TPSA) is 126 Å². The van der Waals surface area contributed by atoms with Gasteiger partial charge in [-0.25, -0.2) is 9.48 Å². The monoisotopic (exact) mass is 474 g/mol. The SMILES string of the molecule is C=CC(=O)Nc1ccc(C(Nc2cc(NC(=O)NCC)ccc2C)c2nnnn2CC2CC2)cc1. The van der Waals surface area contributed by atoms with Crippen LogP contribution in [0.3, 0.4) is 0 Å². The molecule has 0 spiro atoms. The molecule has 3 aromatic rings. The predicted octanol–water partition coefficient (Wildman–Crippen LogP) is 3.86. The third kappa shape index (κ3) is 6.23. The van der Waals surface area contributed by atoms with Crippen LogP contribution in [-0.4, -0.2) is 38.7 Å². The molecular formula is C25H30N8O2. The maximum atomic E-state index is 12.0. The second-order valence-corrected chi connectivity index (χ2v) is 8.57. The van der Waals surface area contributed by atoms with Crippen LogP contribution in [0.25, 0.3) is 0 Å². The number of rotatable bonds is 10. The van der Waals surface area contributed by atoms with Crippen molar-refractivity contribution in [1.82, 2.24) is 25.5 Å². The number of hydrogen-bond acceptors (Lipinski definition) is 6. The van der Waals surface area contributed by atoms with Gasteiger partial charge in [-0.1, -0.05) is 24.8 Å². The number of anilines is 3. The summed E-state index contributed by atoms with van der Waals surface area (Å²) in [5, 5.41) is 24.5. The molecule has 1 aliphatic rings. The van der Waals surface area contributed by atoms with Gasteiger partial charge in [0.05, 0.1) is 0 Å². The summed E-state index contributed by atoms with van der Waals surface area (Å²) in [5.74, 6) is 1.02. The second-order valence-electron chi connectivity index (χ2n) is 8.57. The van der Waals surface area contributed by atoms with Gasteiger partial charge in [0.2, 0.25) is 5.91 Å². The molecule has 0 aliphatic heterocycles. The van der Waals surface area contributed by atoms with Crippen LogP contribution in [-0.2, 0) is 11.3 Å². The molecule has 0 bridgehead atoms. The van der Waals surface area contributed by atoms with Gasteiger partial charge >= 0.3 is 6.03 Å². The summed E-state index contributed by atoms with van der Waals surface area (Å²) in [7, 11) is 0. The van der Waals surface area contributed by atoms with Gasteiger partial charge in [0.1, 0.15) is 6.04 Å². The molecule has 35 heavy (non-hydrogen) atoms. The van der Waals surface area contributed by atoms with Crippen molar-refractivity contribution in [3.8, 4) is 0 Å². The molecule has 1 atom stereocenters. The van der Waals surface area contributed by atoms with Crippen LogP contribution in [0.4, 0.5) is 21.9 Å². The van der Waals surface area contributed by atoms with Crippen LogP contribution in [0.15, 0.2) is 55.1 Å². The van der Waals surface area contributed by atoms with E-state index >= 15 is 0 Å². The fourth-order valence-corrected chi connectivity index (χ4v) is 3.69. The largest absolute Gasteiger partial charge is 0.371 e. The van der Waals surface area contributed by atoms with Crippen LogP contribution < -0.4 is 21.3 Å². The smallest absolute Gasteiger partial charge is 0.319 e. The Bertz CT molecular complexity index is 1200. The fraction of sp³-hybridized carbons (Fsp3) is 0.320. The molecule has 182 valence electrons. The molecule has 0 radical (unpaired) electrons. The maximum absolute atomic E-state index is 12.0. The highest BCUT2D eigenvalue weighted by atomic mass is 16.2. The third-order valence-corrected chi connectivity index (χ3v) is 5.78. The first kappa shape index (κ1) is 23.9. The molecule has 4 N–H and O–H groups in total. The van der Waals surface area contributed by atoms with E-state index in [0.29, 0.717) is 29.7 Å². The highest BCUT2D eigenvalue weighted by Crippen LogP contribution is 2.33. The lowest BCUT2D eigenvalue weighted by Crippen LogP contribution is -2.28. The molecule has 1 aromatic heterocycles. The highest BCUT2D eigenvalue weighted by molar-refractivity contribution is 5.98. The van der Waals surface area contributed by atoms with Crippen LogP contribution in [0.1, 0.15) is 42.8 Å². The first-order chi connectivity index (χ1) is 17.0. The van der Waals surface area contributed by atoms with Crippen molar-refractivity contribution in [2.45, 2.75) is 39.3 Å². The Hall–Kier alpha value is -4.21. The Morgan fingerprint density at radius 2 is 1.89 bits per heavy atom. The summed E-state index contributed by atoms with van der Waals surface area (Å²) in [6.07, 6.45) is 3.60. The molecule has 10 nitrogen and oxygen atoms in total. The average molecular weight is 475 g/mol. The van der Waals surface area contributed by atoms with E-state index < -0.39 is 0 Å². The average Bonchev–Trinajstić information content (AvgIpc) is 3.55. The lowest BCUT2D eigenvalue weighted by molar-refractivity contribution is -0.111. The minimum absolute atomic E-state index is 0.260. The summed E-state index contributed by atoms with van der Waals surface area (Å²) in [6.45, 7) is 8.66. The minimum atomic E-state index is -0.355. The summed E-state index contributed by atoms with van der Waals surface area (Å²) in [6, 6.07) is 12.6. The number of hydrogen-bond donors (Lipinski definition) is 4. The molecule has 4 rings (SSSR count). The van der Waals surface area contributed by atoms with Crippen molar-refractivity contribution < 1.29 is 9.59 Å². The standard InChI is InChI=1S/C25H30N8O2/c1-4-22(34)27-19-12-9-18(10-13-19)23(24-30-31-32-33(24)15-17-7-8-17)29-21-14-20(11-6-16(21)3)28-25(35)26-5-2/h4,6,9-14,17,23,29H,1,5,7-8,15H2,2-3H3,(H,27,34)(H2,26,28,35). The molecule has 0 saturated heterocycles. The van der Waals surface area contributed by atoms with Crippen molar-refractivity contribution in [1.29, 1.82) is 0 Å². The number of urea groups is 1. The second kappa shape index (κ2) is 10.8. The van der Waals surface area contributed by atoms with Gasteiger partial charge in [0, 0.05) is 30.2 Å². The summed E-state index contributed by atoms with van der Waals surface area (Å²) < 4.78 is 1.86. The van der Waals surface area contributed by atoms with E-state index in [9.17, 15) is 9.59 Å². The number of amides is 3. The predicted molar refractivity (Wildman–Crippen MR) is 135 cm³/mol. The minimum Gasteiger partial charge on any atom is -0.371 e. The van der Waals surface area contributed by atoms with Crippen molar-refractivity contribution >= 4 is 29.0 Å². The van der Waals surface area contributed by atoms with Crippen LogP contribution in [0.2, 0.25) is 0 Å². The molecule has 1 fully saturated rings. The zero-order valence-electron chi connectivity index (χ0n) is 19.9. The van der Waals surface area contributed by atoms with Gasteiger partial charge in [-0.05, 0) is 84.5 Å². The van der Waals surface area contributed by atoms with Gasteiger partial charge in [0.15, 0.2) is 5.82 Å². The Morgan fingerprint density at radius 3 is 2.57 bits per heavy atom. The number of aryl methyl sites for hydroxylation is 1. The maximum Gasteiger partial charge on any atom is 0.319 e. The summed E-state index contributed by atoms with van der Waals surface area (Å²) in [4.78, 5) is 23.7. The number of carbonyl (C=O) groups excluding carboxylic acids is 2. The zero-order chi connectivity index (χ0) is 24.8. The third-order valence-electron chi connectivity index (χ3n) is 5.78. The summed E-state index contributed by atoms with van der Waals surface area (Å²) in [5.41, 5.74) is 4.11. The van der Waals surface area contributed by atoms with Gasteiger partial charge in [-0.2, -0.15) is 0 Å². The van der Waals surface area contributed by atoms with Crippen molar-refractivity contribution in [3.05, 3.63) is 72.1 Å². The number of tetrazole rings is 1. The Labute approximate surface area is 204 Å². The van der Waals surface area contributed by atoms with E-state index in [1.807, 2.05) is 61.0 Å². The van der Waals surface area contributed by atoms with E-state index in [1.165, 1.54) is 18.9 Å². The number of nitrogens with zero attached hydrogens (tertiary/aromatic N) is 4. The van der Waals surface area contributed by atoms with Crippen molar-refractivity contribution in [3.63, 3.8) is 0 Å². The lowest BCUT2D eigenvalue weighted by atomic mass is 10.0. The van der Waals surface area contributed by atoms with Gasteiger partial charge < -0.3 is 21.3 Å². The van der Waals surface area contributed by atoms with Crippen molar-refractivity contribution in [2.75, 3.05) is 22.5 Å². The van der Waals surface area contributed by atoms with Gasteiger partial charge in [-0.15, -0.1) is 5.10 Å². The van der Waals surface area contributed by atoms with Crippen LogP contribution >= 0.6 is 0 Å². The van der Waals surface area contributed by atoms with E-state index in [4.69, 9.17) is 0 Å². The number of carbonyl (C=O) groups is 2. The first-order valence-electron chi connectivity index (χ1n) is 11.7. The van der Waals surface area contributed by atoms with Crippen LogP contribution in [0.5, 0.6) is 0 Å². The van der Waals surface area contributed by atoms with Crippen molar-refractivity contribution in [2.24, 2.45) is 5.92 Å². The fourth-order valence-electron chi connectivity index (χ4n) is 3.69. The van der Waals surface area contributed by atoms with Gasteiger partial charge in [-0.3, -0.25) is 4.79 Å². The van der Waals surface area contributed by atoms with E-state index in [0.717, 1.165) is 23.4 Å². The van der Waals surface area contributed by atoms with Crippen LogP contribution in [0, 0.1) is 12.8 Å². The molecular weight excluding hydrogens is 444 g/mol. The van der Waals surface area contributed by atoms with E-state index in [1.54, 1.807) is 0 Å². The normalized spacial score (nSPS) is 13.5. The number of nitrogens with one attached hydrogen (secondary N) is 4.